The Hall–Kier alpha value is -1.91. The molecule has 0 radical (unpaired) electrons. The first-order chi connectivity index (χ1) is 14.9. The number of fused-ring (bicyclic) bond motifs is 1. The fourth-order valence-electron chi connectivity index (χ4n) is 4.28. The summed E-state index contributed by atoms with van der Waals surface area (Å²) >= 11 is 2.77. The molecule has 0 saturated heterocycles. The van der Waals surface area contributed by atoms with Gasteiger partial charge in [0.05, 0.1) is 17.9 Å². The standard InChI is InChI=1S/C22H33N5O3S2/c1-9-30-19(29)15-13-10-21(4,5)26-22(6,7)16(13)32-18(15)23-14(28)11-31-20-25-24-17(12(2)3)27(20)8/h12,26H,9-11H2,1-8H3,(H,23,28). The van der Waals surface area contributed by atoms with E-state index in [0.29, 0.717) is 22.1 Å². The molecule has 1 amide bonds. The predicted octanol–water partition coefficient (Wildman–Crippen LogP) is 4.07. The number of carbonyl (C=O) groups excluding carboxylic acids is 2. The second-order valence-electron chi connectivity index (χ2n) is 9.54. The number of ether oxygens (including phenoxy) is 1. The molecule has 0 fully saturated rings. The maximum atomic E-state index is 12.9. The molecule has 176 valence electrons. The Bertz CT molecular complexity index is 1020. The van der Waals surface area contributed by atoms with Gasteiger partial charge < -0.3 is 19.9 Å². The van der Waals surface area contributed by atoms with Gasteiger partial charge in [0.2, 0.25) is 5.91 Å². The summed E-state index contributed by atoms with van der Waals surface area (Å²) < 4.78 is 7.26. The van der Waals surface area contributed by atoms with Gasteiger partial charge in [-0.15, -0.1) is 21.5 Å². The molecule has 3 heterocycles. The molecule has 2 aromatic rings. The van der Waals surface area contributed by atoms with E-state index in [1.165, 1.54) is 23.1 Å². The van der Waals surface area contributed by atoms with Crippen molar-refractivity contribution in [1.82, 2.24) is 20.1 Å². The summed E-state index contributed by atoms with van der Waals surface area (Å²) in [5.74, 6) is 0.707. The van der Waals surface area contributed by atoms with Crippen molar-refractivity contribution >= 4 is 40.0 Å². The summed E-state index contributed by atoms with van der Waals surface area (Å²) in [7, 11) is 1.90. The second kappa shape index (κ2) is 9.15. The lowest BCUT2D eigenvalue weighted by Crippen LogP contribution is -2.55. The number of carbonyl (C=O) groups is 2. The molecule has 2 N–H and O–H groups in total. The van der Waals surface area contributed by atoms with Crippen molar-refractivity contribution in [2.45, 2.75) is 77.0 Å². The average molecular weight is 480 g/mol. The minimum atomic E-state index is -0.392. The Labute approximate surface area is 197 Å². The van der Waals surface area contributed by atoms with Crippen LogP contribution in [-0.2, 0) is 28.5 Å². The molecule has 2 aromatic heterocycles. The number of thiophene rings is 1. The van der Waals surface area contributed by atoms with Gasteiger partial charge >= 0.3 is 5.97 Å². The zero-order chi connectivity index (χ0) is 23.8. The molecule has 0 atom stereocenters. The zero-order valence-corrected chi connectivity index (χ0v) is 21.7. The maximum Gasteiger partial charge on any atom is 0.341 e. The lowest BCUT2D eigenvalue weighted by Gasteiger charge is -2.42. The average Bonchev–Trinajstić information content (AvgIpc) is 3.19. The van der Waals surface area contributed by atoms with Crippen molar-refractivity contribution in [3.05, 3.63) is 21.8 Å². The molecule has 8 nitrogen and oxygen atoms in total. The number of thioether (sulfide) groups is 1. The summed E-state index contributed by atoms with van der Waals surface area (Å²) in [5.41, 5.74) is 0.927. The third-order valence-corrected chi connectivity index (χ3v) is 7.79. The van der Waals surface area contributed by atoms with Crippen LogP contribution in [0.4, 0.5) is 5.00 Å². The van der Waals surface area contributed by atoms with Crippen LogP contribution in [0.25, 0.3) is 0 Å². The second-order valence-corrected chi connectivity index (χ2v) is 11.5. The van der Waals surface area contributed by atoms with Crippen LogP contribution < -0.4 is 10.6 Å². The van der Waals surface area contributed by atoms with Gasteiger partial charge in [-0.3, -0.25) is 4.79 Å². The van der Waals surface area contributed by atoms with E-state index < -0.39 is 5.97 Å². The van der Waals surface area contributed by atoms with Gasteiger partial charge in [0.1, 0.15) is 10.8 Å². The molecule has 1 aliphatic heterocycles. The maximum absolute atomic E-state index is 12.9. The molecular formula is C22H33N5O3S2. The quantitative estimate of drug-likeness (QED) is 0.456. The van der Waals surface area contributed by atoms with Crippen LogP contribution in [-0.4, -0.2) is 44.5 Å². The van der Waals surface area contributed by atoms with Gasteiger partial charge in [0.25, 0.3) is 0 Å². The number of hydrogen-bond donors (Lipinski definition) is 2. The third-order valence-electron chi connectivity index (χ3n) is 5.29. The van der Waals surface area contributed by atoms with E-state index in [1.54, 1.807) is 6.92 Å². The Balaban J connectivity index is 1.85. The van der Waals surface area contributed by atoms with Crippen molar-refractivity contribution in [1.29, 1.82) is 0 Å². The van der Waals surface area contributed by atoms with Crippen molar-refractivity contribution < 1.29 is 14.3 Å². The van der Waals surface area contributed by atoms with Gasteiger partial charge in [-0.25, -0.2) is 4.79 Å². The Kier molecular flexibility index (Phi) is 7.07. The van der Waals surface area contributed by atoms with E-state index in [9.17, 15) is 9.59 Å². The molecule has 3 rings (SSSR count). The number of esters is 1. The van der Waals surface area contributed by atoms with Crippen LogP contribution in [0.1, 0.15) is 81.0 Å². The van der Waals surface area contributed by atoms with E-state index in [0.717, 1.165) is 16.3 Å². The number of amides is 1. The van der Waals surface area contributed by atoms with E-state index in [2.05, 4.69) is 62.4 Å². The molecular weight excluding hydrogens is 446 g/mol. The summed E-state index contributed by atoms with van der Waals surface area (Å²) in [5, 5.41) is 16.2. The van der Waals surface area contributed by atoms with Gasteiger partial charge in [-0.2, -0.15) is 0 Å². The highest BCUT2D eigenvalue weighted by Crippen LogP contribution is 2.45. The SMILES string of the molecule is CCOC(=O)c1c(NC(=O)CSc2nnc(C(C)C)n2C)sc2c1CC(C)(C)NC2(C)C. The van der Waals surface area contributed by atoms with Gasteiger partial charge in [-0.05, 0) is 46.6 Å². The largest absolute Gasteiger partial charge is 0.462 e. The highest BCUT2D eigenvalue weighted by Gasteiger charge is 2.42. The highest BCUT2D eigenvalue weighted by atomic mass is 32.2. The number of hydrogen-bond acceptors (Lipinski definition) is 8. The van der Waals surface area contributed by atoms with Crippen LogP contribution in [0, 0.1) is 0 Å². The smallest absolute Gasteiger partial charge is 0.341 e. The van der Waals surface area contributed by atoms with E-state index in [-0.39, 0.29) is 35.3 Å². The number of anilines is 1. The number of nitrogens with one attached hydrogen (secondary N) is 2. The van der Waals surface area contributed by atoms with Crippen LogP contribution in [0.15, 0.2) is 5.16 Å². The summed E-state index contributed by atoms with van der Waals surface area (Å²) in [4.78, 5) is 26.8. The summed E-state index contributed by atoms with van der Waals surface area (Å²) in [6, 6.07) is 0. The molecule has 0 bridgehead atoms. The van der Waals surface area contributed by atoms with Gasteiger partial charge in [-0.1, -0.05) is 25.6 Å². The fraction of sp³-hybridized carbons (Fsp3) is 0.636. The van der Waals surface area contributed by atoms with Gasteiger partial charge in [0, 0.05) is 28.9 Å². The van der Waals surface area contributed by atoms with Crippen molar-refractivity contribution in [3.8, 4) is 0 Å². The molecule has 1 aliphatic rings. The molecule has 0 unspecified atom stereocenters. The zero-order valence-electron chi connectivity index (χ0n) is 20.1. The molecule has 0 saturated carbocycles. The number of aromatic nitrogens is 3. The summed E-state index contributed by atoms with van der Waals surface area (Å²) in [6.45, 7) is 14.6. The van der Waals surface area contributed by atoms with E-state index >= 15 is 0 Å². The predicted molar refractivity (Wildman–Crippen MR) is 129 cm³/mol. The Morgan fingerprint density at radius 2 is 1.97 bits per heavy atom. The van der Waals surface area contributed by atoms with E-state index in [4.69, 9.17) is 4.74 Å². The van der Waals surface area contributed by atoms with Crippen molar-refractivity contribution in [3.63, 3.8) is 0 Å². The molecule has 0 spiro atoms. The number of nitrogens with zero attached hydrogens (tertiary/aromatic N) is 3. The molecule has 0 aromatic carbocycles. The van der Waals surface area contributed by atoms with Crippen LogP contribution in [0.5, 0.6) is 0 Å². The van der Waals surface area contributed by atoms with E-state index in [1.807, 2.05) is 11.6 Å². The minimum Gasteiger partial charge on any atom is -0.462 e. The third kappa shape index (κ3) is 5.02. The topological polar surface area (TPSA) is 98.1 Å². The van der Waals surface area contributed by atoms with Crippen LogP contribution >= 0.6 is 23.1 Å². The highest BCUT2D eigenvalue weighted by molar-refractivity contribution is 7.99. The Morgan fingerprint density at radius 1 is 1.28 bits per heavy atom. The lowest BCUT2D eigenvalue weighted by atomic mass is 9.81. The monoisotopic (exact) mass is 479 g/mol. The summed E-state index contributed by atoms with van der Waals surface area (Å²) in [6.07, 6.45) is 0.679. The fourth-order valence-corrected chi connectivity index (χ4v) is 6.28. The van der Waals surface area contributed by atoms with Crippen molar-refractivity contribution in [2.75, 3.05) is 17.7 Å². The van der Waals surface area contributed by atoms with Crippen LogP contribution in [0.3, 0.4) is 0 Å². The molecule has 10 heteroatoms. The van der Waals surface area contributed by atoms with Crippen molar-refractivity contribution in [2.24, 2.45) is 7.05 Å². The molecule has 0 aliphatic carbocycles. The Morgan fingerprint density at radius 3 is 2.56 bits per heavy atom. The van der Waals surface area contributed by atoms with Gasteiger partial charge in [0.15, 0.2) is 5.16 Å². The minimum absolute atomic E-state index is 0.169. The van der Waals surface area contributed by atoms with Crippen LogP contribution in [0.2, 0.25) is 0 Å². The normalized spacial score (nSPS) is 16.7. The molecule has 32 heavy (non-hydrogen) atoms. The number of rotatable bonds is 7. The first-order valence-electron chi connectivity index (χ1n) is 10.8. The first-order valence-corrected chi connectivity index (χ1v) is 12.6. The first kappa shape index (κ1) is 24.7. The lowest BCUT2D eigenvalue weighted by molar-refractivity contribution is -0.113.